The highest BCUT2D eigenvalue weighted by Crippen LogP contribution is 2.22. The second-order valence-corrected chi connectivity index (χ2v) is 9.74. The molecule has 31 heavy (non-hydrogen) atoms. The number of morpholine rings is 1. The number of sulfonamides is 1. The van der Waals surface area contributed by atoms with Crippen LogP contribution >= 0.6 is 11.3 Å². The van der Waals surface area contributed by atoms with Crippen LogP contribution in [0.3, 0.4) is 0 Å². The van der Waals surface area contributed by atoms with Crippen molar-refractivity contribution in [3.63, 3.8) is 0 Å². The minimum atomic E-state index is -3.64. The highest BCUT2D eigenvalue weighted by atomic mass is 32.2. The van der Waals surface area contributed by atoms with Gasteiger partial charge in [-0.2, -0.15) is 9.29 Å². The van der Waals surface area contributed by atoms with Crippen LogP contribution in [-0.2, 0) is 32.5 Å². The van der Waals surface area contributed by atoms with Gasteiger partial charge in [0.1, 0.15) is 0 Å². The van der Waals surface area contributed by atoms with Gasteiger partial charge in [-0.15, -0.1) is 11.3 Å². The van der Waals surface area contributed by atoms with Gasteiger partial charge in [-0.3, -0.25) is 4.79 Å². The van der Waals surface area contributed by atoms with E-state index in [1.54, 1.807) is 24.3 Å². The quantitative estimate of drug-likeness (QED) is 0.545. The molecule has 1 amide bonds. The van der Waals surface area contributed by atoms with Gasteiger partial charge in [-0.05, 0) is 23.1 Å². The molecule has 3 heterocycles. The molecule has 164 valence electrons. The number of nitrogens with one attached hydrogen (secondary N) is 1. The summed E-state index contributed by atoms with van der Waals surface area (Å²) in [5, 5.41) is 8.64. The van der Waals surface area contributed by atoms with E-state index in [9.17, 15) is 13.2 Å². The van der Waals surface area contributed by atoms with E-state index >= 15 is 0 Å². The molecule has 9 nitrogen and oxygen atoms in total. The predicted octanol–water partition coefficient (Wildman–Crippen LogP) is 2.07. The molecule has 0 saturated carbocycles. The predicted molar refractivity (Wildman–Crippen MR) is 114 cm³/mol. The molecule has 1 N–H and O–H groups in total. The number of benzene rings is 1. The number of nitrogens with zero attached hydrogens (tertiary/aromatic N) is 3. The molecular formula is C20H22N4O5S2. The Labute approximate surface area is 184 Å². The maximum Gasteiger partial charge on any atom is 0.243 e. The molecule has 1 fully saturated rings. The van der Waals surface area contributed by atoms with Crippen molar-refractivity contribution >= 4 is 27.3 Å². The summed E-state index contributed by atoms with van der Waals surface area (Å²) in [6.07, 6.45) is 0.461. The molecule has 0 spiro atoms. The number of thiophene rings is 1. The number of carbonyl (C=O) groups is 1. The second-order valence-electron chi connectivity index (χ2n) is 6.89. The second kappa shape index (κ2) is 9.69. The third-order valence-corrected chi connectivity index (χ3v) is 7.68. The smallest absolute Gasteiger partial charge is 0.243 e. The van der Waals surface area contributed by atoms with Crippen LogP contribution < -0.4 is 5.32 Å². The van der Waals surface area contributed by atoms with Gasteiger partial charge in [0.15, 0.2) is 0 Å². The molecule has 1 aromatic carbocycles. The average Bonchev–Trinajstić information content (AvgIpc) is 3.49. The van der Waals surface area contributed by atoms with Crippen LogP contribution in [0.4, 0.5) is 0 Å². The van der Waals surface area contributed by atoms with Crippen molar-refractivity contribution < 1.29 is 22.5 Å². The summed E-state index contributed by atoms with van der Waals surface area (Å²) in [4.78, 5) is 17.7. The Kier molecular flexibility index (Phi) is 6.76. The molecule has 1 saturated heterocycles. The van der Waals surface area contributed by atoms with E-state index in [0.717, 1.165) is 4.88 Å². The summed E-state index contributed by atoms with van der Waals surface area (Å²) in [6, 6.07) is 10.5. The Morgan fingerprint density at radius 2 is 1.97 bits per heavy atom. The van der Waals surface area contributed by atoms with Crippen molar-refractivity contribution in [2.24, 2.45) is 0 Å². The van der Waals surface area contributed by atoms with Crippen molar-refractivity contribution in [3.05, 3.63) is 53.2 Å². The first-order valence-corrected chi connectivity index (χ1v) is 12.1. The van der Waals surface area contributed by atoms with E-state index in [4.69, 9.17) is 9.26 Å². The summed E-state index contributed by atoms with van der Waals surface area (Å²) in [5.41, 5.74) is 0.542. The molecule has 4 rings (SSSR count). The fourth-order valence-electron chi connectivity index (χ4n) is 3.19. The normalized spacial score (nSPS) is 15.1. The zero-order chi connectivity index (χ0) is 21.7. The van der Waals surface area contributed by atoms with Crippen LogP contribution in [0.1, 0.15) is 17.9 Å². The van der Waals surface area contributed by atoms with Gasteiger partial charge in [0.25, 0.3) is 0 Å². The Morgan fingerprint density at radius 3 is 2.74 bits per heavy atom. The topological polar surface area (TPSA) is 115 Å². The minimum absolute atomic E-state index is 0.114. The van der Waals surface area contributed by atoms with E-state index in [2.05, 4.69) is 15.5 Å². The first-order valence-electron chi connectivity index (χ1n) is 9.83. The molecular weight excluding hydrogens is 440 g/mol. The van der Waals surface area contributed by atoms with Crippen LogP contribution in [0.15, 0.2) is 51.2 Å². The fourth-order valence-corrected chi connectivity index (χ4v) is 5.47. The zero-order valence-corrected chi connectivity index (χ0v) is 18.3. The van der Waals surface area contributed by atoms with Gasteiger partial charge >= 0.3 is 0 Å². The number of ether oxygens (including phenoxy) is 1. The number of amides is 1. The first-order chi connectivity index (χ1) is 15.0. The third kappa shape index (κ3) is 5.18. The Balaban J connectivity index is 1.34. The van der Waals surface area contributed by atoms with Crippen molar-refractivity contribution in [2.45, 2.75) is 24.3 Å². The maximum absolute atomic E-state index is 13.0. The average molecular weight is 463 g/mol. The van der Waals surface area contributed by atoms with E-state index in [1.807, 2.05) is 17.5 Å². The molecule has 0 aliphatic carbocycles. The summed E-state index contributed by atoms with van der Waals surface area (Å²) < 4.78 is 37.9. The monoisotopic (exact) mass is 462 g/mol. The van der Waals surface area contributed by atoms with Gasteiger partial charge in [0.05, 0.1) is 23.0 Å². The minimum Gasteiger partial charge on any atom is -0.379 e. The third-order valence-electron chi connectivity index (χ3n) is 4.81. The zero-order valence-electron chi connectivity index (χ0n) is 16.7. The highest BCUT2D eigenvalue weighted by Gasteiger charge is 2.28. The lowest BCUT2D eigenvalue weighted by Gasteiger charge is -2.27. The van der Waals surface area contributed by atoms with Gasteiger partial charge in [-0.25, -0.2) is 8.42 Å². The Bertz CT molecular complexity index is 1120. The van der Waals surface area contributed by atoms with Gasteiger partial charge in [0, 0.05) is 32.5 Å². The SMILES string of the molecule is O=C(CCc1nc(-c2cccs2)no1)NCc1ccccc1S(=O)(=O)N1CCOCC1. The molecule has 0 unspecified atom stereocenters. The van der Waals surface area contributed by atoms with Crippen LogP contribution in [0.5, 0.6) is 0 Å². The van der Waals surface area contributed by atoms with E-state index in [1.165, 1.54) is 15.6 Å². The number of hydrogen-bond donors (Lipinski definition) is 1. The largest absolute Gasteiger partial charge is 0.379 e. The number of carbonyl (C=O) groups excluding carboxylic acids is 1. The molecule has 0 atom stereocenters. The van der Waals surface area contributed by atoms with Gasteiger partial charge in [-0.1, -0.05) is 29.4 Å². The molecule has 0 radical (unpaired) electrons. The number of aromatic nitrogens is 2. The number of rotatable bonds is 8. The fraction of sp³-hybridized carbons (Fsp3) is 0.350. The van der Waals surface area contributed by atoms with Crippen molar-refractivity contribution in [1.29, 1.82) is 0 Å². The van der Waals surface area contributed by atoms with Gasteiger partial charge in [0.2, 0.25) is 27.6 Å². The molecule has 1 aliphatic heterocycles. The standard InChI is InChI=1S/C20H22N4O5S2/c25-18(7-8-19-22-20(23-29-19)16-5-3-13-30-16)21-14-15-4-1-2-6-17(15)31(26,27)24-9-11-28-12-10-24/h1-6,13H,7-12,14H2,(H,21,25). The van der Waals surface area contributed by atoms with Crippen molar-refractivity contribution in [1.82, 2.24) is 19.8 Å². The lowest BCUT2D eigenvalue weighted by Crippen LogP contribution is -2.41. The maximum atomic E-state index is 13.0. The van der Waals surface area contributed by atoms with E-state index in [0.29, 0.717) is 50.0 Å². The number of aryl methyl sites for hydroxylation is 1. The Hall–Kier alpha value is -2.60. The molecule has 3 aromatic rings. The summed E-state index contributed by atoms with van der Waals surface area (Å²) >= 11 is 1.51. The first kappa shape index (κ1) is 21.6. The van der Waals surface area contributed by atoms with Crippen LogP contribution in [-0.4, -0.2) is 55.1 Å². The summed E-state index contributed by atoms with van der Waals surface area (Å²) in [5.74, 6) is 0.663. The van der Waals surface area contributed by atoms with Crippen LogP contribution in [0, 0.1) is 0 Å². The lowest BCUT2D eigenvalue weighted by molar-refractivity contribution is -0.121. The van der Waals surface area contributed by atoms with Crippen LogP contribution in [0.25, 0.3) is 10.7 Å². The Morgan fingerprint density at radius 1 is 1.16 bits per heavy atom. The summed E-state index contributed by atoms with van der Waals surface area (Å²) in [6.45, 7) is 1.51. The molecule has 2 aromatic heterocycles. The van der Waals surface area contributed by atoms with Crippen LogP contribution in [0.2, 0.25) is 0 Å². The molecule has 0 bridgehead atoms. The van der Waals surface area contributed by atoms with E-state index < -0.39 is 10.0 Å². The lowest BCUT2D eigenvalue weighted by atomic mass is 10.2. The van der Waals surface area contributed by atoms with Crippen molar-refractivity contribution in [2.75, 3.05) is 26.3 Å². The molecule has 1 aliphatic rings. The highest BCUT2D eigenvalue weighted by molar-refractivity contribution is 7.89. The molecule has 11 heteroatoms. The summed E-state index contributed by atoms with van der Waals surface area (Å²) in [7, 11) is -3.64. The van der Waals surface area contributed by atoms with Gasteiger partial charge < -0.3 is 14.6 Å². The van der Waals surface area contributed by atoms with Crippen molar-refractivity contribution in [3.8, 4) is 10.7 Å². The van der Waals surface area contributed by atoms with E-state index in [-0.39, 0.29) is 23.8 Å². The number of hydrogen-bond acceptors (Lipinski definition) is 8.